The highest BCUT2D eigenvalue weighted by Crippen LogP contribution is 2.28. The Morgan fingerprint density at radius 1 is 1.19 bits per heavy atom. The van der Waals surface area contributed by atoms with E-state index in [2.05, 4.69) is 10.2 Å². The van der Waals surface area contributed by atoms with Crippen LogP contribution in [0.1, 0.15) is 0 Å². The Kier molecular flexibility index (Phi) is 2.63. The molecule has 0 aliphatic carbocycles. The second kappa shape index (κ2) is 4.09. The Morgan fingerprint density at radius 3 is 2.56 bits per heavy atom. The van der Waals surface area contributed by atoms with Crippen molar-refractivity contribution >= 4 is 5.69 Å². The van der Waals surface area contributed by atoms with Gasteiger partial charge in [-0.1, -0.05) is 5.10 Å². The smallest absolute Gasteiger partial charge is 0.414 e. The second-order valence-corrected chi connectivity index (χ2v) is 3.03. The van der Waals surface area contributed by atoms with Crippen molar-refractivity contribution < 1.29 is 13.9 Å². The van der Waals surface area contributed by atoms with Crippen LogP contribution in [0.2, 0.25) is 0 Å². The number of aromatic nitrogens is 2. The summed E-state index contributed by atoms with van der Waals surface area (Å²) in [5.41, 5.74) is 6.99. The lowest BCUT2D eigenvalue weighted by molar-refractivity contribution is 0.293. The molecule has 0 fully saturated rings. The van der Waals surface area contributed by atoms with Gasteiger partial charge in [-0.25, -0.2) is 0 Å². The number of methoxy groups -OCH3 is 2. The highest BCUT2D eigenvalue weighted by atomic mass is 16.6. The van der Waals surface area contributed by atoms with Crippen LogP contribution in [0.15, 0.2) is 22.6 Å². The Hall–Kier alpha value is -2.24. The van der Waals surface area contributed by atoms with E-state index in [1.54, 1.807) is 25.3 Å². The maximum absolute atomic E-state index is 5.76. The van der Waals surface area contributed by atoms with Crippen molar-refractivity contribution in [2.45, 2.75) is 0 Å². The number of anilines is 1. The fourth-order valence-electron chi connectivity index (χ4n) is 1.28. The third kappa shape index (κ3) is 1.77. The lowest BCUT2D eigenvalue weighted by Gasteiger charge is -2.04. The molecule has 0 atom stereocenters. The zero-order valence-electron chi connectivity index (χ0n) is 8.93. The van der Waals surface area contributed by atoms with Crippen LogP contribution in [0, 0.1) is 0 Å². The SMILES string of the molecule is COc1nnc(-c2ccc(OC)c(N)c2)o1. The summed E-state index contributed by atoms with van der Waals surface area (Å²) in [6, 6.07) is 5.22. The number of ether oxygens (including phenoxy) is 2. The quantitative estimate of drug-likeness (QED) is 0.787. The number of nitrogen functional groups attached to an aromatic ring is 1. The maximum Gasteiger partial charge on any atom is 0.414 e. The van der Waals surface area contributed by atoms with Gasteiger partial charge in [0.05, 0.1) is 19.9 Å². The molecular formula is C10H11N3O3. The molecule has 0 aliphatic heterocycles. The molecule has 0 bridgehead atoms. The Balaban J connectivity index is 2.37. The molecule has 0 saturated carbocycles. The monoisotopic (exact) mass is 221 g/mol. The molecule has 1 aromatic carbocycles. The van der Waals surface area contributed by atoms with Crippen LogP contribution < -0.4 is 15.2 Å². The predicted octanol–water partition coefficient (Wildman–Crippen LogP) is 1.34. The third-order valence-corrected chi connectivity index (χ3v) is 2.06. The van der Waals surface area contributed by atoms with E-state index < -0.39 is 0 Å². The molecule has 0 saturated heterocycles. The molecule has 0 radical (unpaired) electrons. The summed E-state index contributed by atoms with van der Waals surface area (Å²) in [6.45, 7) is 0. The minimum Gasteiger partial charge on any atom is -0.495 e. The van der Waals surface area contributed by atoms with Gasteiger partial charge < -0.3 is 19.6 Å². The van der Waals surface area contributed by atoms with Gasteiger partial charge in [0.15, 0.2) is 0 Å². The molecule has 0 unspecified atom stereocenters. The first kappa shape index (κ1) is 10.3. The molecule has 2 N–H and O–H groups in total. The van der Waals surface area contributed by atoms with Crippen LogP contribution in [0.5, 0.6) is 11.8 Å². The topological polar surface area (TPSA) is 83.4 Å². The van der Waals surface area contributed by atoms with E-state index in [0.29, 0.717) is 22.9 Å². The molecule has 2 aromatic rings. The molecule has 84 valence electrons. The first-order valence-electron chi connectivity index (χ1n) is 4.56. The Bertz CT molecular complexity index is 496. The normalized spacial score (nSPS) is 10.1. The average Bonchev–Trinajstić information content (AvgIpc) is 2.77. The fourth-order valence-corrected chi connectivity index (χ4v) is 1.28. The number of hydrogen-bond acceptors (Lipinski definition) is 6. The molecule has 0 spiro atoms. The van der Waals surface area contributed by atoms with E-state index >= 15 is 0 Å². The van der Waals surface area contributed by atoms with E-state index in [4.69, 9.17) is 19.6 Å². The average molecular weight is 221 g/mol. The van der Waals surface area contributed by atoms with Gasteiger partial charge >= 0.3 is 6.08 Å². The van der Waals surface area contributed by atoms with Crippen LogP contribution in [0.4, 0.5) is 5.69 Å². The number of nitrogens with zero attached hydrogens (tertiary/aromatic N) is 2. The molecule has 6 heteroatoms. The van der Waals surface area contributed by atoms with Gasteiger partial charge in [-0.3, -0.25) is 0 Å². The molecule has 1 heterocycles. The summed E-state index contributed by atoms with van der Waals surface area (Å²) in [5.74, 6) is 0.960. The van der Waals surface area contributed by atoms with Gasteiger partial charge in [-0.2, -0.15) is 0 Å². The first-order valence-corrected chi connectivity index (χ1v) is 4.56. The maximum atomic E-state index is 5.76. The van der Waals surface area contributed by atoms with Crippen LogP contribution in [-0.2, 0) is 0 Å². The van der Waals surface area contributed by atoms with Crippen molar-refractivity contribution in [1.82, 2.24) is 10.2 Å². The Labute approximate surface area is 92.0 Å². The molecular weight excluding hydrogens is 210 g/mol. The van der Waals surface area contributed by atoms with E-state index in [9.17, 15) is 0 Å². The van der Waals surface area contributed by atoms with Crippen molar-refractivity contribution in [3.05, 3.63) is 18.2 Å². The zero-order chi connectivity index (χ0) is 11.5. The van der Waals surface area contributed by atoms with E-state index in [-0.39, 0.29) is 6.08 Å². The summed E-state index contributed by atoms with van der Waals surface area (Å²) in [4.78, 5) is 0. The summed E-state index contributed by atoms with van der Waals surface area (Å²) in [5, 5.41) is 7.49. The van der Waals surface area contributed by atoms with Gasteiger partial charge in [0.1, 0.15) is 5.75 Å². The molecule has 6 nitrogen and oxygen atoms in total. The van der Waals surface area contributed by atoms with Crippen molar-refractivity contribution in [3.8, 4) is 23.3 Å². The minimum atomic E-state index is 0.115. The number of rotatable bonds is 3. The first-order chi connectivity index (χ1) is 7.74. The fraction of sp³-hybridized carbons (Fsp3) is 0.200. The molecule has 0 amide bonds. The van der Waals surface area contributed by atoms with Gasteiger partial charge in [-0.15, -0.1) is 5.10 Å². The van der Waals surface area contributed by atoms with Gasteiger partial charge in [0.25, 0.3) is 5.89 Å². The van der Waals surface area contributed by atoms with Crippen molar-refractivity contribution in [2.75, 3.05) is 20.0 Å². The largest absolute Gasteiger partial charge is 0.495 e. The van der Waals surface area contributed by atoms with Crippen LogP contribution in [0.25, 0.3) is 11.5 Å². The number of hydrogen-bond donors (Lipinski definition) is 1. The minimum absolute atomic E-state index is 0.115. The zero-order valence-corrected chi connectivity index (χ0v) is 8.93. The highest BCUT2D eigenvalue weighted by Gasteiger charge is 2.10. The standard InChI is InChI=1S/C10H11N3O3/c1-14-8-4-3-6(5-7(8)11)9-12-13-10(15-2)16-9/h3-5H,11H2,1-2H3. The van der Waals surface area contributed by atoms with Crippen molar-refractivity contribution in [3.63, 3.8) is 0 Å². The number of benzene rings is 1. The summed E-state index contributed by atoms with van der Waals surface area (Å²) in [7, 11) is 3.01. The molecule has 0 aliphatic rings. The molecule has 16 heavy (non-hydrogen) atoms. The summed E-state index contributed by atoms with van der Waals surface area (Å²) in [6.07, 6.45) is 0.115. The Morgan fingerprint density at radius 2 is 2.00 bits per heavy atom. The highest BCUT2D eigenvalue weighted by molar-refractivity contribution is 5.65. The summed E-state index contributed by atoms with van der Waals surface area (Å²) < 4.78 is 15.0. The molecule has 2 rings (SSSR count). The van der Waals surface area contributed by atoms with E-state index in [0.717, 1.165) is 0 Å². The second-order valence-electron chi connectivity index (χ2n) is 3.03. The molecule has 1 aromatic heterocycles. The van der Waals surface area contributed by atoms with Gasteiger partial charge in [-0.05, 0) is 18.2 Å². The van der Waals surface area contributed by atoms with E-state index in [1.165, 1.54) is 7.11 Å². The van der Waals surface area contributed by atoms with E-state index in [1.807, 2.05) is 0 Å². The van der Waals surface area contributed by atoms with Crippen LogP contribution in [0.3, 0.4) is 0 Å². The van der Waals surface area contributed by atoms with Gasteiger partial charge in [0, 0.05) is 5.56 Å². The third-order valence-electron chi connectivity index (χ3n) is 2.06. The van der Waals surface area contributed by atoms with Crippen LogP contribution in [-0.4, -0.2) is 24.4 Å². The lowest BCUT2D eigenvalue weighted by atomic mass is 10.2. The lowest BCUT2D eigenvalue weighted by Crippen LogP contribution is -1.92. The summed E-state index contributed by atoms with van der Waals surface area (Å²) >= 11 is 0. The van der Waals surface area contributed by atoms with Crippen molar-refractivity contribution in [2.24, 2.45) is 0 Å². The number of nitrogens with two attached hydrogens (primary N) is 1. The van der Waals surface area contributed by atoms with Crippen molar-refractivity contribution in [1.29, 1.82) is 0 Å². The van der Waals surface area contributed by atoms with Crippen LogP contribution >= 0.6 is 0 Å². The van der Waals surface area contributed by atoms with Gasteiger partial charge in [0.2, 0.25) is 0 Å². The predicted molar refractivity (Wildman–Crippen MR) is 57.3 cm³/mol.